The van der Waals surface area contributed by atoms with E-state index in [1.165, 1.54) is 31.1 Å². The third-order valence-corrected chi connectivity index (χ3v) is 3.19. The van der Waals surface area contributed by atoms with Crippen LogP contribution in [0.1, 0.15) is 0 Å². The van der Waals surface area contributed by atoms with E-state index in [0.29, 0.717) is 5.54 Å². The average Bonchev–Trinajstić information content (AvgIpc) is 2.64. The molecule has 2 nitrogen and oxygen atoms in total. The topological polar surface area (TPSA) is 34.0 Å². The summed E-state index contributed by atoms with van der Waals surface area (Å²) in [5.41, 5.74) is 0.515. The normalized spacial score (nSPS) is 42.7. The monoisotopic (exact) mass is 144 g/mol. The summed E-state index contributed by atoms with van der Waals surface area (Å²) >= 11 is 2.06. The Morgan fingerprint density at radius 1 is 1.33 bits per heavy atom. The second kappa shape index (κ2) is 2.15. The Morgan fingerprint density at radius 3 is 3.00 bits per heavy atom. The molecule has 0 saturated carbocycles. The summed E-state index contributed by atoms with van der Waals surface area (Å²) in [5.74, 6) is 2.59. The maximum Gasteiger partial charge on any atom is 0.0524 e. The predicted molar refractivity (Wildman–Crippen MR) is 40.9 cm³/mol. The Morgan fingerprint density at radius 2 is 2.22 bits per heavy atom. The molecule has 3 heteroatoms. The van der Waals surface area contributed by atoms with Gasteiger partial charge in [0, 0.05) is 31.1 Å². The molecule has 2 fully saturated rings. The molecule has 1 spiro atoms. The molecule has 1 atom stereocenters. The smallest absolute Gasteiger partial charge is 0.0524 e. The van der Waals surface area contributed by atoms with E-state index >= 15 is 0 Å². The highest BCUT2D eigenvalue weighted by atomic mass is 32.2. The molecule has 0 aromatic carbocycles. The van der Waals surface area contributed by atoms with Gasteiger partial charge in [-0.3, -0.25) is 0 Å². The fourth-order valence-corrected chi connectivity index (χ4v) is 2.27. The number of thioether (sulfide) groups is 1. The van der Waals surface area contributed by atoms with E-state index in [1.807, 2.05) is 0 Å². The zero-order valence-corrected chi connectivity index (χ0v) is 6.26. The molecule has 2 aliphatic heterocycles. The summed E-state index contributed by atoms with van der Waals surface area (Å²) in [7, 11) is 0. The van der Waals surface area contributed by atoms with Gasteiger partial charge in [-0.05, 0) is 0 Å². The molecule has 0 bridgehead atoms. The van der Waals surface area contributed by atoms with Crippen LogP contribution in [0.5, 0.6) is 0 Å². The Kier molecular flexibility index (Phi) is 1.43. The van der Waals surface area contributed by atoms with Gasteiger partial charge in [-0.2, -0.15) is 11.8 Å². The molecule has 52 valence electrons. The molecule has 0 radical (unpaired) electrons. The van der Waals surface area contributed by atoms with Crippen LogP contribution in [0, 0.1) is 0 Å². The largest absolute Gasteiger partial charge is 0.314 e. The molecule has 0 amide bonds. The Balaban J connectivity index is 1.92. The maximum absolute atomic E-state index is 3.42. The van der Waals surface area contributed by atoms with Crippen LogP contribution in [-0.4, -0.2) is 36.7 Å². The van der Waals surface area contributed by atoms with E-state index in [4.69, 9.17) is 0 Å². The lowest BCUT2D eigenvalue weighted by atomic mass is 10.2. The summed E-state index contributed by atoms with van der Waals surface area (Å²) in [6.45, 7) is 3.60. The number of rotatable bonds is 0. The molecular formula is C6H12N2S. The molecule has 2 rings (SSSR count). The van der Waals surface area contributed by atoms with E-state index < -0.39 is 0 Å². The third kappa shape index (κ3) is 1.23. The lowest BCUT2D eigenvalue weighted by molar-refractivity contribution is 0.616. The van der Waals surface area contributed by atoms with Crippen molar-refractivity contribution < 1.29 is 0 Å². The first-order valence-corrected chi connectivity index (χ1v) is 4.60. The SMILES string of the molecule is C1CSCC2(CN1)CN2. The standard InChI is InChI=1S/C6H12N2S/c1-2-9-5-6(3-7-1)4-8-6/h7-8H,1-5H2. The highest BCUT2D eigenvalue weighted by molar-refractivity contribution is 7.99. The van der Waals surface area contributed by atoms with Crippen molar-refractivity contribution >= 4 is 11.8 Å². The maximum atomic E-state index is 3.42. The van der Waals surface area contributed by atoms with Crippen LogP contribution in [0.25, 0.3) is 0 Å². The van der Waals surface area contributed by atoms with Gasteiger partial charge in [0.05, 0.1) is 5.54 Å². The molecule has 2 heterocycles. The minimum atomic E-state index is 0.515. The van der Waals surface area contributed by atoms with Crippen LogP contribution in [0.15, 0.2) is 0 Å². The van der Waals surface area contributed by atoms with Crippen molar-refractivity contribution in [1.29, 1.82) is 0 Å². The van der Waals surface area contributed by atoms with Crippen LogP contribution in [-0.2, 0) is 0 Å². The van der Waals surface area contributed by atoms with Crippen LogP contribution in [0.3, 0.4) is 0 Å². The van der Waals surface area contributed by atoms with Gasteiger partial charge in [0.15, 0.2) is 0 Å². The minimum absolute atomic E-state index is 0.515. The van der Waals surface area contributed by atoms with Crippen molar-refractivity contribution in [2.45, 2.75) is 5.54 Å². The molecule has 2 saturated heterocycles. The second-order valence-corrected chi connectivity index (χ2v) is 3.97. The fourth-order valence-electron chi connectivity index (χ4n) is 1.14. The zero-order chi connectivity index (χ0) is 6.16. The summed E-state index contributed by atoms with van der Waals surface area (Å²) < 4.78 is 0. The lowest BCUT2D eigenvalue weighted by Gasteiger charge is -2.06. The first-order valence-electron chi connectivity index (χ1n) is 3.45. The second-order valence-electron chi connectivity index (χ2n) is 2.86. The predicted octanol–water partition coefficient (Wildman–Crippen LogP) is -0.335. The van der Waals surface area contributed by atoms with Gasteiger partial charge >= 0.3 is 0 Å². The van der Waals surface area contributed by atoms with E-state index in [2.05, 4.69) is 22.4 Å². The van der Waals surface area contributed by atoms with Crippen molar-refractivity contribution in [1.82, 2.24) is 10.6 Å². The van der Waals surface area contributed by atoms with Crippen molar-refractivity contribution in [2.24, 2.45) is 0 Å². The lowest BCUT2D eigenvalue weighted by Crippen LogP contribution is -2.32. The highest BCUT2D eigenvalue weighted by Crippen LogP contribution is 2.23. The zero-order valence-electron chi connectivity index (χ0n) is 5.44. The molecule has 0 aromatic heterocycles. The molecule has 9 heavy (non-hydrogen) atoms. The van der Waals surface area contributed by atoms with Gasteiger partial charge in [-0.25, -0.2) is 0 Å². The van der Waals surface area contributed by atoms with Gasteiger partial charge in [0.25, 0.3) is 0 Å². The Hall–Kier alpha value is 0.270. The van der Waals surface area contributed by atoms with Crippen molar-refractivity contribution in [3.8, 4) is 0 Å². The van der Waals surface area contributed by atoms with Crippen molar-refractivity contribution in [2.75, 3.05) is 31.1 Å². The first-order chi connectivity index (χ1) is 4.41. The Labute approximate surface area is 59.8 Å². The van der Waals surface area contributed by atoms with E-state index in [0.717, 1.165) is 0 Å². The van der Waals surface area contributed by atoms with Gasteiger partial charge in [0.2, 0.25) is 0 Å². The summed E-state index contributed by atoms with van der Waals surface area (Å²) in [4.78, 5) is 0. The summed E-state index contributed by atoms with van der Waals surface area (Å²) in [6, 6.07) is 0. The molecule has 0 aromatic rings. The highest BCUT2D eigenvalue weighted by Gasteiger charge is 2.41. The van der Waals surface area contributed by atoms with Crippen LogP contribution in [0.2, 0.25) is 0 Å². The minimum Gasteiger partial charge on any atom is -0.314 e. The molecule has 2 N–H and O–H groups in total. The summed E-state index contributed by atoms with van der Waals surface area (Å²) in [6.07, 6.45) is 0. The first kappa shape index (κ1) is 6.01. The van der Waals surface area contributed by atoms with Crippen LogP contribution in [0.4, 0.5) is 0 Å². The van der Waals surface area contributed by atoms with E-state index in [-0.39, 0.29) is 0 Å². The molecule has 0 aliphatic carbocycles. The van der Waals surface area contributed by atoms with Gasteiger partial charge in [0.1, 0.15) is 0 Å². The van der Waals surface area contributed by atoms with Gasteiger partial charge < -0.3 is 10.6 Å². The third-order valence-electron chi connectivity index (χ3n) is 1.94. The van der Waals surface area contributed by atoms with Crippen LogP contribution < -0.4 is 10.6 Å². The molecular weight excluding hydrogens is 132 g/mol. The number of nitrogens with one attached hydrogen (secondary N) is 2. The van der Waals surface area contributed by atoms with Crippen LogP contribution >= 0.6 is 11.8 Å². The fraction of sp³-hybridized carbons (Fsp3) is 1.00. The average molecular weight is 144 g/mol. The van der Waals surface area contributed by atoms with E-state index in [1.54, 1.807) is 0 Å². The number of hydrogen-bond donors (Lipinski definition) is 2. The van der Waals surface area contributed by atoms with Gasteiger partial charge in [-0.15, -0.1) is 0 Å². The van der Waals surface area contributed by atoms with Crippen molar-refractivity contribution in [3.05, 3.63) is 0 Å². The number of hydrogen-bond acceptors (Lipinski definition) is 3. The molecule has 1 unspecified atom stereocenters. The Bertz CT molecular complexity index is 102. The molecule has 2 aliphatic rings. The quantitative estimate of drug-likeness (QED) is 0.457. The summed E-state index contributed by atoms with van der Waals surface area (Å²) in [5, 5.41) is 6.82. The van der Waals surface area contributed by atoms with Gasteiger partial charge in [-0.1, -0.05) is 0 Å². The van der Waals surface area contributed by atoms with E-state index in [9.17, 15) is 0 Å². The van der Waals surface area contributed by atoms with Crippen molar-refractivity contribution in [3.63, 3.8) is 0 Å².